The summed E-state index contributed by atoms with van der Waals surface area (Å²) in [6.45, 7) is 0.253. The lowest BCUT2D eigenvalue weighted by atomic mass is 10.1. The molecule has 0 saturated heterocycles. The number of primary amides is 1. The highest BCUT2D eigenvalue weighted by Crippen LogP contribution is 2.27. The average molecular weight is 311 g/mol. The van der Waals surface area contributed by atoms with E-state index in [0.29, 0.717) is 27.0 Å². The van der Waals surface area contributed by atoms with Crippen LogP contribution in [0, 0.1) is 0 Å². The number of anilines is 1. The third-order valence-electron chi connectivity index (χ3n) is 2.72. The summed E-state index contributed by atoms with van der Waals surface area (Å²) in [6, 6.07) is 9.81. The molecule has 0 unspecified atom stereocenters. The Kier molecular flexibility index (Phi) is 4.37. The summed E-state index contributed by atoms with van der Waals surface area (Å²) in [6.07, 6.45) is 0. The van der Waals surface area contributed by atoms with Gasteiger partial charge in [-0.25, -0.2) is 0 Å². The molecule has 0 spiro atoms. The number of benzene rings is 2. The van der Waals surface area contributed by atoms with E-state index >= 15 is 0 Å². The molecule has 0 atom stereocenters. The molecule has 0 bridgehead atoms. The number of nitrogen functional groups attached to an aromatic ring is 1. The van der Waals surface area contributed by atoms with Crippen LogP contribution in [-0.2, 0) is 6.61 Å². The van der Waals surface area contributed by atoms with Crippen molar-refractivity contribution >= 4 is 34.8 Å². The van der Waals surface area contributed by atoms with E-state index in [1.54, 1.807) is 30.3 Å². The van der Waals surface area contributed by atoms with Gasteiger partial charge in [0.25, 0.3) is 0 Å². The molecule has 2 aromatic rings. The summed E-state index contributed by atoms with van der Waals surface area (Å²) in [5.41, 5.74) is 12.6. The lowest BCUT2D eigenvalue weighted by Crippen LogP contribution is -2.12. The van der Waals surface area contributed by atoms with Gasteiger partial charge in [-0.3, -0.25) is 4.79 Å². The van der Waals surface area contributed by atoms with Crippen LogP contribution in [0.4, 0.5) is 5.69 Å². The first-order chi connectivity index (χ1) is 9.47. The van der Waals surface area contributed by atoms with Crippen LogP contribution in [0.5, 0.6) is 5.75 Å². The molecule has 20 heavy (non-hydrogen) atoms. The third kappa shape index (κ3) is 3.35. The van der Waals surface area contributed by atoms with Gasteiger partial charge in [0.1, 0.15) is 12.4 Å². The normalized spacial score (nSPS) is 10.3. The van der Waals surface area contributed by atoms with Crippen LogP contribution in [0.25, 0.3) is 0 Å². The number of halogens is 2. The highest BCUT2D eigenvalue weighted by atomic mass is 35.5. The van der Waals surface area contributed by atoms with Crippen LogP contribution in [0.2, 0.25) is 10.0 Å². The molecule has 2 aromatic carbocycles. The topological polar surface area (TPSA) is 78.3 Å². The number of rotatable bonds is 4. The molecule has 1 amide bonds. The predicted octanol–water partition coefficient (Wildman–Crippen LogP) is 3.25. The molecule has 0 heterocycles. The highest BCUT2D eigenvalue weighted by Gasteiger charge is 2.06. The Hall–Kier alpha value is -1.91. The minimum absolute atomic E-state index is 0.253. The summed E-state index contributed by atoms with van der Waals surface area (Å²) >= 11 is 11.7. The Morgan fingerprint density at radius 2 is 1.85 bits per heavy atom. The van der Waals surface area contributed by atoms with Gasteiger partial charge in [0, 0.05) is 22.9 Å². The van der Waals surface area contributed by atoms with Crippen molar-refractivity contribution in [1.82, 2.24) is 0 Å². The Bertz CT molecular complexity index is 660. The van der Waals surface area contributed by atoms with Gasteiger partial charge in [-0.2, -0.15) is 0 Å². The molecule has 2 rings (SSSR count). The molecule has 0 aliphatic heterocycles. The second kappa shape index (κ2) is 6.03. The highest BCUT2D eigenvalue weighted by molar-refractivity contribution is 6.42. The van der Waals surface area contributed by atoms with Gasteiger partial charge in [-0.1, -0.05) is 29.3 Å². The van der Waals surface area contributed by atoms with Crippen LogP contribution >= 0.6 is 23.2 Å². The summed E-state index contributed by atoms with van der Waals surface area (Å²) in [5.74, 6) is 0.0615. The van der Waals surface area contributed by atoms with Gasteiger partial charge in [-0.05, 0) is 24.3 Å². The van der Waals surface area contributed by atoms with E-state index in [4.69, 9.17) is 39.4 Å². The zero-order valence-electron chi connectivity index (χ0n) is 10.4. The summed E-state index contributed by atoms with van der Waals surface area (Å²) in [7, 11) is 0. The first-order valence-electron chi connectivity index (χ1n) is 5.73. The Balaban J connectivity index is 2.10. The van der Waals surface area contributed by atoms with E-state index in [2.05, 4.69) is 0 Å². The van der Waals surface area contributed by atoms with E-state index in [-0.39, 0.29) is 6.61 Å². The van der Waals surface area contributed by atoms with Crippen molar-refractivity contribution < 1.29 is 9.53 Å². The van der Waals surface area contributed by atoms with Gasteiger partial charge in [0.05, 0.1) is 10.0 Å². The lowest BCUT2D eigenvalue weighted by molar-refractivity contribution is 0.100. The number of hydrogen-bond acceptors (Lipinski definition) is 3. The minimum Gasteiger partial charge on any atom is -0.489 e. The van der Waals surface area contributed by atoms with E-state index in [0.717, 1.165) is 5.56 Å². The Labute approximate surface area is 126 Å². The predicted molar refractivity (Wildman–Crippen MR) is 80.2 cm³/mol. The van der Waals surface area contributed by atoms with Crippen molar-refractivity contribution in [2.75, 3.05) is 5.73 Å². The molecular weight excluding hydrogens is 299 g/mol. The third-order valence-corrected chi connectivity index (χ3v) is 3.45. The molecule has 0 saturated carbocycles. The molecule has 0 aliphatic carbocycles. The van der Waals surface area contributed by atoms with Gasteiger partial charge >= 0.3 is 0 Å². The lowest BCUT2D eigenvalue weighted by Gasteiger charge is -2.10. The first kappa shape index (κ1) is 14.5. The second-order valence-electron chi connectivity index (χ2n) is 4.14. The SMILES string of the molecule is NC(=O)c1ccc(COc2ccc(Cl)c(Cl)c2)c(N)c1. The summed E-state index contributed by atoms with van der Waals surface area (Å²) in [4.78, 5) is 11.0. The smallest absolute Gasteiger partial charge is 0.248 e. The maximum atomic E-state index is 11.0. The van der Waals surface area contributed by atoms with Crippen LogP contribution in [0.15, 0.2) is 36.4 Å². The number of ether oxygens (including phenoxy) is 1. The zero-order chi connectivity index (χ0) is 14.7. The number of carbonyl (C=O) groups excluding carboxylic acids is 1. The van der Waals surface area contributed by atoms with E-state index in [1.807, 2.05) is 0 Å². The van der Waals surface area contributed by atoms with E-state index < -0.39 is 5.91 Å². The Morgan fingerprint density at radius 3 is 2.45 bits per heavy atom. The monoisotopic (exact) mass is 310 g/mol. The number of carbonyl (C=O) groups is 1. The van der Waals surface area contributed by atoms with E-state index in [1.165, 1.54) is 6.07 Å². The molecule has 0 fully saturated rings. The summed E-state index contributed by atoms with van der Waals surface area (Å²) in [5, 5.41) is 0.880. The molecule has 0 aromatic heterocycles. The van der Waals surface area contributed by atoms with E-state index in [9.17, 15) is 4.79 Å². The zero-order valence-corrected chi connectivity index (χ0v) is 11.9. The second-order valence-corrected chi connectivity index (χ2v) is 4.96. The van der Waals surface area contributed by atoms with Crippen molar-refractivity contribution in [3.8, 4) is 5.75 Å². The standard InChI is InChI=1S/C14H12Cl2N2O2/c15-11-4-3-10(6-12(11)16)20-7-9-2-1-8(14(18)19)5-13(9)17/h1-6H,7,17H2,(H2,18,19). The molecular formula is C14H12Cl2N2O2. The van der Waals surface area contributed by atoms with Crippen LogP contribution < -0.4 is 16.2 Å². The van der Waals surface area contributed by atoms with Crippen molar-refractivity contribution in [1.29, 1.82) is 0 Å². The molecule has 6 heteroatoms. The fraction of sp³-hybridized carbons (Fsp3) is 0.0714. The molecule has 104 valence electrons. The Morgan fingerprint density at radius 1 is 1.10 bits per heavy atom. The number of hydrogen-bond donors (Lipinski definition) is 2. The van der Waals surface area contributed by atoms with Crippen molar-refractivity contribution in [3.05, 3.63) is 57.6 Å². The molecule has 4 N–H and O–H groups in total. The fourth-order valence-corrected chi connectivity index (χ4v) is 1.90. The van der Waals surface area contributed by atoms with Gasteiger partial charge in [0.15, 0.2) is 0 Å². The fourth-order valence-electron chi connectivity index (χ4n) is 1.61. The average Bonchev–Trinajstić information content (AvgIpc) is 2.41. The van der Waals surface area contributed by atoms with Crippen molar-refractivity contribution in [3.63, 3.8) is 0 Å². The van der Waals surface area contributed by atoms with Crippen LogP contribution in [-0.4, -0.2) is 5.91 Å². The summed E-state index contributed by atoms with van der Waals surface area (Å²) < 4.78 is 5.57. The number of nitrogens with two attached hydrogens (primary N) is 2. The van der Waals surface area contributed by atoms with Crippen LogP contribution in [0.1, 0.15) is 15.9 Å². The molecule has 0 aliphatic rings. The largest absolute Gasteiger partial charge is 0.489 e. The molecule has 4 nitrogen and oxygen atoms in total. The van der Waals surface area contributed by atoms with Gasteiger partial charge in [0.2, 0.25) is 5.91 Å². The maximum absolute atomic E-state index is 11.0. The maximum Gasteiger partial charge on any atom is 0.248 e. The van der Waals surface area contributed by atoms with Crippen LogP contribution in [0.3, 0.4) is 0 Å². The van der Waals surface area contributed by atoms with Gasteiger partial charge in [-0.15, -0.1) is 0 Å². The minimum atomic E-state index is -0.520. The van der Waals surface area contributed by atoms with Gasteiger partial charge < -0.3 is 16.2 Å². The first-order valence-corrected chi connectivity index (χ1v) is 6.49. The number of amides is 1. The van der Waals surface area contributed by atoms with Crippen molar-refractivity contribution in [2.45, 2.75) is 6.61 Å². The molecule has 0 radical (unpaired) electrons. The quantitative estimate of drug-likeness (QED) is 0.851. The van der Waals surface area contributed by atoms with Crippen molar-refractivity contribution in [2.24, 2.45) is 5.73 Å².